The van der Waals surface area contributed by atoms with E-state index in [1.165, 1.54) is 15.7 Å². The molecule has 0 radical (unpaired) electrons. The molecule has 1 amide bonds. The molecule has 2 aromatic rings. The lowest BCUT2D eigenvalue weighted by Gasteiger charge is -2.28. The molecular formula is C25H30F2N2O6. The Kier molecular flexibility index (Phi) is 7.52. The van der Waals surface area contributed by atoms with Crippen molar-refractivity contribution in [3.05, 3.63) is 51.8 Å². The smallest absolute Gasteiger partial charge is 0.410 e. The number of carbonyl (C=O) groups is 2. The number of amides is 1. The van der Waals surface area contributed by atoms with Crippen molar-refractivity contribution in [2.45, 2.75) is 59.2 Å². The monoisotopic (exact) mass is 492 g/mol. The van der Waals surface area contributed by atoms with Gasteiger partial charge in [-0.25, -0.2) is 14.0 Å². The molecule has 1 aromatic heterocycles. The average molecular weight is 493 g/mol. The summed E-state index contributed by atoms with van der Waals surface area (Å²) in [5.74, 6) is -3.90. The molecule has 10 heteroatoms. The van der Waals surface area contributed by atoms with Crippen molar-refractivity contribution in [1.29, 1.82) is 0 Å². The molecular weight excluding hydrogens is 462 g/mol. The Morgan fingerprint density at radius 1 is 1.23 bits per heavy atom. The highest BCUT2D eigenvalue weighted by Crippen LogP contribution is 2.32. The van der Waals surface area contributed by atoms with Crippen molar-refractivity contribution in [3.63, 3.8) is 0 Å². The molecule has 1 fully saturated rings. The van der Waals surface area contributed by atoms with Gasteiger partial charge in [-0.1, -0.05) is 12.2 Å². The summed E-state index contributed by atoms with van der Waals surface area (Å²) < 4.78 is 47.0. The van der Waals surface area contributed by atoms with Crippen LogP contribution >= 0.6 is 0 Å². The third-order valence-electron chi connectivity index (χ3n) is 5.45. The lowest BCUT2D eigenvalue weighted by atomic mass is 10.1. The Bertz CT molecular complexity index is 1230. The van der Waals surface area contributed by atoms with E-state index in [-0.39, 0.29) is 42.8 Å². The number of fused-ring (bicyclic) bond motifs is 1. The van der Waals surface area contributed by atoms with E-state index in [4.69, 9.17) is 14.2 Å². The summed E-state index contributed by atoms with van der Waals surface area (Å²) in [5.41, 5.74) is -1.04. The number of likely N-dealkylation sites (tertiary alicyclic amines) is 1. The third kappa shape index (κ3) is 5.47. The van der Waals surface area contributed by atoms with Crippen LogP contribution < -0.4 is 10.2 Å². The number of ether oxygens (including phenoxy) is 3. The van der Waals surface area contributed by atoms with Crippen molar-refractivity contribution >= 4 is 23.0 Å². The van der Waals surface area contributed by atoms with Gasteiger partial charge in [-0.05, 0) is 47.1 Å². The van der Waals surface area contributed by atoms with Gasteiger partial charge in [0.1, 0.15) is 17.8 Å². The van der Waals surface area contributed by atoms with E-state index < -0.39 is 46.5 Å². The Labute approximate surface area is 202 Å². The Hall–Kier alpha value is -3.43. The predicted molar refractivity (Wildman–Crippen MR) is 126 cm³/mol. The number of carbonyl (C=O) groups excluding carboxylic acids is 2. The fourth-order valence-corrected chi connectivity index (χ4v) is 3.95. The first-order chi connectivity index (χ1) is 16.4. The third-order valence-corrected chi connectivity index (χ3v) is 5.45. The molecule has 0 saturated carbocycles. The molecule has 2 heterocycles. The van der Waals surface area contributed by atoms with E-state index in [9.17, 15) is 23.2 Å². The quantitative estimate of drug-likeness (QED) is 0.438. The fraction of sp³-hybridized carbons (Fsp3) is 0.480. The van der Waals surface area contributed by atoms with Gasteiger partial charge >= 0.3 is 12.1 Å². The van der Waals surface area contributed by atoms with Crippen LogP contribution in [0.25, 0.3) is 10.9 Å². The highest BCUT2D eigenvalue weighted by atomic mass is 19.2. The van der Waals surface area contributed by atoms with Crippen LogP contribution in [0.5, 0.6) is 5.75 Å². The molecule has 0 unspecified atom stereocenters. The zero-order valence-corrected chi connectivity index (χ0v) is 20.6. The number of hydrogen-bond acceptors (Lipinski definition) is 6. The molecule has 35 heavy (non-hydrogen) atoms. The maximum atomic E-state index is 15.0. The number of aryl methyl sites for hydroxylation is 1. The van der Waals surface area contributed by atoms with Crippen LogP contribution in [0.1, 0.15) is 51.4 Å². The van der Waals surface area contributed by atoms with Crippen molar-refractivity contribution in [2.75, 3.05) is 19.8 Å². The maximum Gasteiger partial charge on any atom is 0.410 e. The van der Waals surface area contributed by atoms with E-state index in [0.717, 1.165) is 11.6 Å². The van der Waals surface area contributed by atoms with Gasteiger partial charge in [-0.15, -0.1) is 0 Å². The highest BCUT2D eigenvalue weighted by molar-refractivity contribution is 5.95. The second-order valence-electron chi connectivity index (χ2n) is 9.30. The molecule has 1 aliphatic heterocycles. The minimum Gasteiger partial charge on any atom is -0.486 e. The summed E-state index contributed by atoms with van der Waals surface area (Å²) in [6.07, 6.45) is 1.07. The topological polar surface area (TPSA) is 87.1 Å². The largest absolute Gasteiger partial charge is 0.486 e. The lowest BCUT2D eigenvalue weighted by molar-refractivity contribution is 0.0189. The predicted octanol–water partition coefficient (Wildman–Crippen LogP) is 4.42. The van der Waals surface area contributed by atoms with E-state index >= 15 is 0 Å². The maximum absolute atomic E-state index is 15.0. The molecule has 190 valence electrons. The fourth-order valence-electron chi connectivity index (χ4n) is 3.95. The molecule has 0 N–H and O–H groups in total. The van der Waals surface area contributed by atoms with Gasteiger partial charge in [-0.3, -0.25) is 9.69 Å². The van der Waals surface area contributed by atoms with Crippen LogP contribution in [-0.2, 0) is 16.0 Å². The number of rotatable bonds is 6. The standard InChI is InChI=1S/C25H30F2N2O6/c1-7-28-12-17(23(31)33-8-2)21(30)16-10-18(26)19(27)22(20(16)28)34-13-15-9-14(3)11-29(15)24(32)35-25(4,5)6/h10,12,15H,3,7-9,11,13H2,1-2,4-6H3/t15-/m0/s1. The van der Waals surface area contributed by atoms with Gasteiger partial charge in [0, 0.05) is 19.3 Å². The number of halogens is 2. The van der Waals surface area contributed by atoms with Crippen LogP contribution in [0.3, 0.4) is 0 Å². The second kappa shape index (κ2) is 10.1. The lowest BCUT2D eigenvalue weighted by Crippen LogP contribution is -2.42. The minimum absolute atomic E-state index is 0.00471. The number of esters is 1. The molecule has 1 saturated heterocycles. The average Bonchev–Trinajstić information content (AvgIpc) is 3.14. The van der Waals surface area contributed by atoms with E-state index in [2.05, 4.69) is 6.58 Å². The molecule has 1 atom stereocenters. The van der Waals surface area contributed by atoms with Crippen LogP contribution in [0.2, 0.25) is 0 Å². The summed E-state index contributed by atoms with van der Waals surface area (Å²) >= 11 is 0. The molecule has 1 aliphatic rings. The zero-order chi connectivity index (χ0) is 26.1. The Balaban J connectivity index is 2.02. The minimum atomic E-state index is -1.30. The number of pyridine rings is 1. The zero-order valence-electron chi connectivity index (χ0n) is 20.6. The van der Waals surface area contributed by atoms with Crippen molar-refractivity contribution in [1.82, 2.24) is 9.47 Å². The number of benzene rings is 1. The first-order valence-electron chi connectivity index (χ1n) is 11.4. The first-order valence-corrected chi connectivity index (χ1v) is 11.4. The normalized spacial score (nSPS) is 16.0. The van der Waals surface area contributed by atoms with Gasteiger partial charge < -0.3 is 18.8 Å². The molecule has 1 aromatic carbocycles. The summed E-state index contributed by atoms with van der Waals surface area (Å²) in [4.78, 5) is 39.3. The van der Waals surface area contributed by atoms with Gasteiger partial charge in [0.25, 0.3) is 0 Å². The van der Waals surface area contributed by atoms with E-state index in [0.29, 0.717) is 6.42 Å². The molecule has 8 nitrogen and oxygen atoms in total. The summed E-state index contributed by atoms with van der Waals surface area (Å²) in [7, 11) is 0. The van der Waals surface area contributed by atoms with Gasteiger partial charge in [-0.2, -0.15) is 4.39 Å². The number of nitrogens with zero attached hydrogens (tertiary/aromatic N) is 2. The molecule has 0 aliphatic carbocycles. The number of hydrogen-bond donors (Lipinski definition) is 0. The first kappa shape index (κ1) is 26.2. The summed E-state index contributed by atoms with van der Waals surface area (Å²) in [6.45, 7) is 12.8. The van der Waals surface area contributed by atoms with Gasteiger partial charge in [0.2, 0.25) is 11.2 Å². The Morgan fingerprint density at radius 2 is 1.91 bits per heavy atom. The second-order valence-corrected chi connectivity index (χ2v) is 9.30. The van der Waals surface area contributed by atoms with Crippen molar-refractivity contribution in [2.24, 2.45) is 0 Å². The molecule has 0 bridgehead atoms. The Morgan fingerprint density at radius 3 is 2.51 bits per heavy atom. The number of aromatic nitrogens is 1. The highest BCUT2D eigenvalue weighted by Gasteiger charge is 2.35. The summed E-state index contributed by atoms with van der Waals surface area (Å²) in [6, 6.07) is 0.217. The van der Waals surface area contributed by atoms with Gasteiger partial charge in [0.15, 0.2) is 11.6 Å². The van der Waals surface area contributed by atoms with Crippen LogP contribution in [0, 0.1) is 11.6 Å². The summed E-state index contributed by atoms with van der Waals surface area (Å²) in [5, 5.41) is -0.217. The molecule has 3 rings (SSSR count). The van der Waals surface area contributed by atoms with Crippen LogP contribution in [0.4, 0.5) is 13.6 Å². The van der Waals surface area contributed by atoms with E-state index in [1.54, 1.807) is 34.6 Å². The van der Waals surface area contributed by atoms with Crippen molar-refractivity contribution in [3.8, 4) is 5.75 Å². The van der Waals surface area contributed by atoms with E-state index in [1.807, 2.05) is 0 Å². The molecule has 0 spiro atoms. The SMILES string of the molecule is C=C1C[C@@H](COc2c(F)c(F)cc3c(=O)c(C(=O)OCC)cn(CC)c23)N(C(=O)OC(C)(C)C)C1. The van der Waals surface area contributed by atoms with Crippen molar-refractivity contribution < 1.29 is 32.6 Å². The van der Waals surface area contributed by atoms with Crippen LogP contribution in [-0.4, -0.2) is 52.9 Å². The van der Waals surface area contributed by atoms with Crippen LogP contribution in [0.15, 0.2) is 29.2 Å². The van der Waals surface area contributed by atoms with Gasteiger partial charge in [0.05, 0.1) is 23.6 Å².